The predicted molar refractivity (Wildman–Crippen MR) is 114 cm³/mol. The number of rotatable bonds is 10. The summed E-state index contributed by atoms with van der Waals surface area (Å²) in [5.41, 5.74) is -0.449. The van der Waals surface area contributed by atoms with Gasteiger partial charge in [0.1, 0.15) is 0 Å². The van der Waals surface area contributed by atoms with E-state index in [0.29, 0.717) is 12.8 Å². The minimum absolute atomic E-state index is 0.0315. The molecule has 2 atom stereocenters. The lowest BCUT2D eigenvalue weighted by molar-refractivity contribution is -0.387. The maximum atomic E-state index is 12.8. The van der Waals surface area contributed by atoms with Gasteiger partial charge in [-0.15, -0.1) is 6.58 Å². The molecule has 28 heavy (non-hydrogen) atoms. The summed E-state index contributed by atoms with van der Waals surface area (Å²) in [5.74, 6) is 0. The van der Waals surface area contributed by atoms with Crippen LogP contribution in [0.5, 0.6) is 0 Å². The third-order valence-corrected chi connectivity index (χ3v) is 11.3. The number of sulfonamides is 1. The summed E-state index contributed by atoms with van der Waals surface area (Å²) in [7, 11) is -6.22. The smallest absolute Gasteiger partial charge is 0.289 e. The van der Waals surface area contributed by atoms with Crippen molar-refractivity contribution in [2.75, 3.05) is 0 Å². The average molecular weight is 429 g/mol. The number of allylic oxidation sites excluding steroid dienone is 1. The first-order valence-electron chi connectivity index (χ1n) is 9.27. The van der Waals surface area contributed by atoms with E-state index in [1.165, 1.54) is 24.3 Å². The van der Waals surface area contributed by atoms with Crippen molar-refractivity contribution in [3.63, 3.8) is 0 Å². The molecule has 0 heterocycles. The second-order valence-corrected chi connectivity index (χ2v) is 14.9. The second kappa shape index (κ2) is 9.30. The van der Waals surface area contributed by atoms with E-state index >= 15 is 0 Å². The molecule has 9 heteroatoms. The van der Waals surface area contributed by atoms with Crippen LogP contribution in [-0.2, 0) is 14.4 Å². The fraction of sp³-hybridized carbons (Fsp3) is 0.579. The van der Waals surface area contributed by atoms with Crippen molar-refractivity contribution >= 4 is 24.0 Å². The minimum Gasteiger partial charge on any atom is -0.412 e. The van der Waals surface area contributed by atoms with Crippen molar-refractivity contribution in [3.05, 3.63) is 47.0 Å². The third-order valence-electron chi connectivity index (χ3n) is 5.16. The number of hydrogen-bond donors (Lipinski definition) is 1. The molecule has 1 N–H and O–H groups in total. The summed E-state index contributed by atoms with van der Waals surface area (Å²) in [4.78, 5) is 10.2. The van der Waals surface area contributed by atoms with Crippen LogP contribution in [0.3, 0.4) is 0 Å². The highest BCUT2D eigenvalue weighted by molar-refractivity contribution is 7.89. The quantitative estimate of drug-likeness (QED) is 0.254. The Morgan fingerprint density at radius 2 is 1.89 bits per heavy atom. The maximum absolute atomic E-state index is 12.8. The molecule has 0 aromatic heterocycles. The summed E-state index contributed by atoms with van der Waals surface area (Å²) in [6.45, 7) is 16.0. The normalized spacial score (nSPS) is 15.1. The second-order valence-electron chi connectivity index (χ2n) is 8.42. The molecule has 0 aliphatic carbocycles. The number of nitrogens with one attached hydrogen (secondary N) is 1. The van der Waals surface area contributed by atoms with E-state index in [0.717, 1.165) is 0 Å². The lowest BCUT2D eigenvalue weighted by atomic mass is 10.1. The van der Waals surface area contributed by atoms with Crippen molar-refractivity contribution < 1.29 is 17.8 Å². The average Bonchev–Trinajstić information content (AvgIpc) is 2.57. The number of nitrogens with zero attached hydrogens (tertiary/aromatic N) is 1. The molecule has 0 spiro atoms. The number of hydrogen-bond acceptors (Lipinski definition) is 5. The van der Waals surface area contributed by atoms with Gasteiger partial charge in [-0.1, -0.05) is 39.0 Å². The van der Waals surface area contributed by atoms with Gasteiger partial charge in [0.05, 0.1) is 11.0 Å². The van der Waals surface area contributed by atoms with E-state index in [9.17, 15) is 18.5 Å². The van der Waals surface area contributed by atoms with Crippen molar-refractivity contribution in [1.29, 1.82) is 0 Å². The highest BCUT2D eigenvalue weighted by Crippen LogP contribution is 2.38. The monoisotopic (exact) mass is 428 g/mol. The van der Waals surface area contributed by atoms with E-state index in [2.05, 4.69) is 45.2 Å². The molecule has 0 radical (unpaired) electrons. The summed E-state index contributed by atoms with van der Waals surface area (Å²) in [6, 6.07) is 4.77. The third kappa shape index (κ3) is 6.23. The summed E-state index contributed by atoms with van der Waals surface area (Å²) < 4.78 is 34.7. The Hall–Kier alpha value is -1.55. The van der Waals surface area contributed by atoms with Crippen LogP contribution in [0.2, 0.25) is 18.1 Å². The van der Waals surface area contributed by atoms with Crippen LogP contribution in [-0.4, -0.2) is 33.8 Å². The van der Waals surface area contributed by atoms with Crippen LogP contribution in [0.1, 0.15) is 40.5 Å². The highest BCUT2D eigenvalue weighted by Gasteiger charge is 2.40. The van der Waals surface area contributed by atoms with Gasteiger partial charge in [-0.25, -0.2) is 13.1 Å². The van der Waals surface area contributed by atoms with Crippen molar-refractivity contribution in [2.45, 2.75) is 75.7 Å². The Labute approximate surface area is 169 Å². The van der Waals surface area contributed by atoms with E-state index in [1.807, 2.05) is 0 Å². The van der Waals surface area contributed by atoms with E-state index < -0.39 is 35.0 Å². The largest absolute Gasteiger partial charge is 0.412 e. The van der Waals surface area contributed by atoms with Gasteiger partial charge in [-0.05, 0) is 44.0 Å². The number of para-hydroxylation sites is 1. The molecular weight excluding hydrogens is 396 g/mol. The molecule has 0 fully saturated rings. The number of nitro groups is 1. The van der Waals surface area contributed by atoms with Crippen LogP contribution in [0.4, 0.5) is 5.69 Å². The molecule has 158 valence electrons. The molecule has 7 nitrogen and oxygen atoms in total. The fourth-order valence-electron chi connectivity index (χ4n) is 2.47. The Morgan fingerprint density at radius 1 is 1.32 bits per heavy atom. The Kier molecular flexibility index (Phi) is 8.13. The standard InChI is InChI=1S/C19H32N2O5SSi/c1-8-9-13-17(26-28(6,7)19(3,4)5)15(2)20-27(24,25)18-14-11-10-12-16(18)21(22)23/h8,10-12,14-15,17,20H,1,9,13H2,2-7H3/t15-,17-/m1/s1. The topological polar surface area (TPSA) is 98.5 Å². The molecule has 0 amide bonds. The zero-order valence-electron chi connectivity index (χ0n) is 17.6. The minimum atomic E-state index is -4.08. The Balaban J connectivity index is 3.15. The van der Waals surface area contributed by atoms with Gasteiger partial charge >= 0.3 is 0 Å². The summed E-state index contributed by atoms with van der Waals surface area (Å²) in [5, 5.41) is 11.2. The summed E-state index contributed by atoms with van der Waals surface area (Å²) in [6.07, 6.45) is 2.69. The van der Waals surface area contributed by atoms with Gasteiger partial charge in [0.15, 0.2) is 13.2 Å². The Bertz CT molecular complexity index is 803. The van der Waals surface area contributed by atoms with Crippen LogP contribution in [0.15, 0.2) is 41.8 Å². The van der Waals surface area contributed by atoms with Crippen LogP contribution in [0.25, 0.3) is 0 Å². The van der Waals surface area contributed by atoms with Gasteiger partial charge in [0.25, 0.3) is 5.69 Å². The zero-order valence-corrected chi connectivity index (χ0v) is 19.4. The van der Waals surface area contributed by atoms with Crippen LogP contribution in [0, 0.1) is 10.1 Å². The molecule has 0 saturated carbocycles. The molecule has 1 aromatic rings. The van der Waals surface area contributed by atoms with E-state index in [-0.39, 0.29) is 16.0 Å². The molecule has 0 saturated heterocycles. The van der Waals surface area contributed by atoms with E-state index in [1.54, 1.807) is 13.0 Å². The molecular formula is C19H32N2O5SSi. The van der Waals surface area contributed by atoms with Gasteiger partial charge in [0.2, 0.25) is 10.0 Å². The number of benzene rings is 1. The lowest BCUT2D eigenvalue weighted by Gasteiger charge is -2.41. The summed E-state index contributed by atoms with van der Waals surface area (Å²) >= 11 is 0. The van der Waals surface area contributed by atoms with Crippen molar-refractivity contribution in [2.24, 2.45) is 0 Å². The predicted octanol–water partition coefficient (Wildman–Crippen LogP) is 4.62. The van der Waals surface area contributed by atoms with Crippen LogP contribution < -0.4 is 4.72 Å². The first-order valence-corrected chi connectivity index (χ1v) is 13.7. The molecule has 0 unspecified atom stereocenters. The van der Waals surface area contributed by atoms with Gasteiger partial charge in [-0.2, -0.15) is 0 Å². The van der Waals surface area contributed by atoms with Crippen LogP contribution >= 0.6 is 0 Å². The van der Waals surface area contributed by atoms with Gasteiger partial charge in [0, 0.05) is 12.1 Å². The lowest BCUT2D eigenvalue weighted by Crippen LogP contribution is -2.50. The molecule has 0 bridgehead atoms. The first kappa shape index (κ1) is 24.5. The number of nitro benzene ring substituents is 1. The van der Waals surface area contributed by atoms with Crippen molar-refractivity contribution in [3.8, 4) is 0 Å². The maximum Gasteiger partial charge on any atom is 0.289 e. The van der Waals surface area contributed by atoms with Crippen molar-refractivity contribution in [1.82, 2.24) is 4.72 Å². The molecule has 0 aliphatic rings. The Morgan fingerprint density at radius 3 is 2.39 bits per heavy atom. The van der Waals surface area contributed by atoms with Gasteiger partial charge < -0.3 is 4.43 Å². The molecule has 1 aromatic carbocycles. The highest BCUT2D eigenvalue weighted by atomic mass is 32.2. The van der Waals surface area contributed by atoms with Gasteiger partial charge in [-0.3, -0.25) is 10.1 Å². The zero-order chi connectivity index (χ0) is 21.8. The first-order chi connectivity index (χ1) is 12.7. The SMILES string of the molecule is C=CCC[C@@H](O[Si](C)(C)C(C)(C)C)[C@@H](C)NS(=O)(=O)c1ccccc1[N+](=O)[O-]. The fourth-order valence-corrected chi connectivity index (χ4v) is 5.34. The van der Waals surface area contributed by atoms with E-state index in [4.69, 9.17) is 4.43 Å². The molecule has 0 aliphatic heterocycles. The molecule has 1 rings (SSSR count).